The van der Waals surface area contributed by atoms with Crippen molar-refractivity contribution in [1.29, 1.82) is 0 Å². The number of benzene rings is 2. The lowest BCUT2D eigenvalue weighted by atomic mass is 10.1. The Labute approximate surface area is 229 Å². The minimum atomic E-state index is -1.05. The Hall–Kier alpha value is -5.18. The fraction of sp³-hybridized carbons (Fsp3) is 0.200. The molecule has 0 aliphatic heterocycles. The molecule has 1 aliphatic carbocycles. The summed E-state index contributed by atoms with van der Waals surface area (Å²) < 4.78 is 10.4. The zero-order chi connectivity index (χ0) is 29.0. The molecule has 0 spiro atoms. The number of anilines is 1. The lowest BCUT2D eigenvalue weighted by molar-refractivity contribution is -0.394. The summed E-state index contributed by atoms with van der Waals surface area (Å²) >= 11 is 1.24. The summed E-state index contributed by atoms with van der Waals surface area (Å²) in [7, 11) is 1.25. The molecule has 0 saturated heterocycles. The molecule has 4 rings (SSSR count). The Morgan fingerprint density at radius 1 is 1.00 bits per heavy atom. The number of hydrazone groups is 1. The van der Waals surface area contributed by atoms with E-state index in [0.29, 0.717) is 17.7 Å². The van der Waals surface area contributed by atoms with Crippen LogP contribution >= 0.6 is 11.3 Å². The highest BCUT2D eigenvalue weighted by Gasteiger charge is 2.29. The number of rotatable bonds is 8. The Morgan fingerprint density at radius 2 is 1.73 bits per heavy atom. The lowest BCUT2D eigenvalue weighted by Gasteiger charge is -2.08. The van der Waals surface area contributed by atoms with Crippen molar-refractivity contribution < 1.29 is 33.7 Å². The number of nitro groups is 2. The maximum Gasteiger partial charge on any atom is 0.341 e. The number of nitrogens with zero attached hydrogens (tertiary/aromatic N) is 3. The largest absolute Gasteiger partial charge is 0.465 e. The molecule has 1 heterocycles. The van der Waals surface area contributed by atoms with Crippen LogP contribution in [0.1, 0.15) is 39.7 Å². The highest BCUT2D eigenvalue weighted by molar-refractivity contribution is 7.17. The van der Waals surface area contributed by atoms with Gasteiger partial charge in [-0.05, 0) is 67.6 Å². The minimum Gasteiger partial charge on any atom is -0.465 e. The van der Waals surface area contributed by atoms with E-state index in [2.05, 4.69) is 15.8 Å². The fourth-order valence-electron chi connectivity index (χ4n) is 3.96. The van der Waals surface area contributed by atoms with Gasteiger partial charge in [-0.3, -0.25) is 29.8 Å². The third-order valence-electron chi connectivity index (χ3n) is 5.92. The zero-order valence-corrected chi connectivity index (χ0v) is 21.9. The molecule has 0 bridgehead atoms. The molecule has 15 heteroatoms. The topological polar surface area (TPSA) is 192 Å². The maximum atomic E-state index is 12.5. The summed E-state index contributed by atoms with van der Waals surface area (Å²) in [4.78, 5) is 58.7. The molecule has 206 valence electrons. The van der Waals surface area contributed by atoms with E-state index >= 15 is 0 Å². The van der Waals surface area contributed by atoms with Gasteiger partial charge in [0.1, 0.15) is 10.8 Å². The van der Waals surface area contributed by atoms with E-state index in [4.69, 9.17) is 9.47 Å². The van der Waals surface area contributed by atoms with E-state index in [9.17, 15) is 34.6 Å². The highest BCUT2D eigenvalue weighted by atomic mass is 32.1. The lowest BCUT2D eigenvalue weighted by Crippen LogP contribution is -2.33. The molecule has 0 saturated carbocycles. The van der Waals surface area contributed by atoms with Crippen LogP contribution in [0.2, 0.25) is 0 Å². The second kappa shape index (κ2) is 11.7. The number of esters is 1. The first-order valence-electron chi connectivity index (χ1n) is 11.7. The normalized spacial score (nSPS) is 12.3. The van der Waals surface area contributed by atoms with Gasteiger partial charge in [0.05, 0.1) is 34.3 Å². The first-order chi connectivity index (χ1) is 19.1. The molecule has 1 aromatic heterocycles. The van der Waals surface area contributed by atoms with Crippen molar-refractivity contribution in [3.8, 4) is 11.5 Å². The molecule has 40 heavy (non-hydrogen) atoms. The first-order valence-corrected chi connectivity index (χ1v) is 12.5. The summed E-state index contributed by atoms with van der Waals surface area (Å²) in [6.07, 6.45) is 2.37. The van der Waals surface area contributed by atoms with Gasteiger partial charge in [0.25, 0.3) is 5.69 Å². The molecular weight excluding hydrogens is 546 g/mol. The second-order valence-corrected chi connectivity index (χ2v) is 9.54. The van der Waals surface area contributed by atoms with E-state index < -0.39 is 39.0 Å². The zero-order valence-electron chi connectivity index (χ0n) is 21.1. The number of ether oxygens (including phenoxy) is 2. The third kappa shape index (κ3) is 5.94. The number of carbonyl (C=O) groups excluding carboxylic acids is 3. The molecule has 0 unspecified atom stereocenters. The van der Waals surface area contributed by atoms with Crippen molar-refractivity contribution in [2.24, 2.45) is 5.10 Å². The summed E-state index contributed by atoms with van der Waals surface area (Å²) in [6.45, 7) is 1.58. The van der Waals surface area contributed by atoms with Crippen molar-refractivity contribution in [2.75, 3.05) is 12.4 Å². The Morgan fingerprint density at radius 3 is 2.38 bits per heavy atom. The maximum absolute atomic E-state index is 12.5. The van der Waals surface area contributed by atoms with Gasteiger partial charge >= 0.3 is 23.5 Å². The quantitative estimate of drug-likeness (QED) is 0.132. The van der Waals surface area contributed by atoms with E-state index in [-0.39, 0.29) is 22.1 Å². The highest BCUT2D eigenvalue weighted by Crippen LogP contribution is 2.39. The Bertz CT molecular complexity index is 1560. The van der Waals surface area contributed by atoms with Crippen LogP contribution in [0.3, 0.4) is 0 Å². The van der Waals surface area contributed by atoms with E-state index in [1.54, 1.807) is 19.1 Å². The van der Waals surface area contributed by atoms with Gasteiger partial charge in [0.2, 0.25) is 5.75 Å². The first kappa shape index (κ1) is 27.8. The number of amides is 2. The van der Waals surface area contributed by atoms with Gasteiger partial charge in [-0.1, -0.05) is 0 Å². The van der Waals surface area contributed by atoms with Gasteiger partial charge in [0.15, 0.2) is 0 Å². The number of non-ortho nitro benzene ring substituents is 1. The van der Waals surface area contributed by atoms with Crippen molar-refractivity contribution in [2.45, 2.75) is 26.2 Å². The standard InChI is InChI=1S/C25H21N5O9S/c1-13(14-6-9-16(10-7-14)39-19-11-8-15(29(34)35)12-18(19)30(36)37)27-28-23(32)22(31)26-24-21(25(33)38-2)17-4-3-5-20(17)40-24/h6-12H,3-5H2,1-2H3,(H,26,31)(H,28,32)/b27-13+. The number of fused-ring (bicyclic) bond motifs is 1. The van der Waals surface area contributed by atoms with E-state index in [1.807, 2.05) is 0 Å². The molecule has 1 aliphatic rings. The number of carbonyl (C=O) groups is 3. The van der Waals surface area contributed by atoms with Crippen LogP contribution in [0.25, 0.3) is 0 Å². The summed E-state index contributed by atoms with van der Waals surface area (Å²) in [6, 6.07) is 9.13. The smallest absolute Gasteiger partial charge is 0.341 e. The Kier molecular flexibility index (Phi) is 8.14. The molecule has 14 nitrogen and oxygen atoms in total. The van der Waals surface area contributed by atoms with Crippen LogP contribution in [-0.4, -0.2) is 40.5 Å². The van der Waals surface area contributed by atoms with Crippen molar-refractivity contribution in [3.63, 3.8) is 0 Å². The van der Waals surface area contributed by atoms with Crippen LogP contribution in [0.4, 0.5) is 16.4 Å². The van der Waals surface area contributed by atoms with Crippen molar-refractivity contribution >= 4 is 51.2 Å². The summed E-state index contributed by atoms with van der Waals surface area (Å²) in [5, 5.41) is 28.9. The molecule has 0 radical (unpaired) electrons. The SMILES string of the molecule is COC(=O)c1c(NC(=O)C(=O)N/N=C(\C)c2ccc(Oc3ccc([N+](=O)[O-])cc3[N+](=O)[O-])cc2)sc2c1CCC2. The number of hydrogen-bond acceptors (Lipinski definition) is 11. The van der Waals surface area contributed by atoms with Gasteiger partial charge < -0.3 is 14.8 Å². The van der Waals surface area contributed by atoms with Crippen molar-refractivity contribution in [1.82, 2.24) is 5.43 Å². The second-order valence-electron chi connectivity index (χ2n) is 8.44. The molecule has 0 atom stereocenters. The summed E-state index contributed by atoms with van der Waals surface area (Å²) in [5.74, 6) is -2.61. The van der Waals surface area contributed by atoms with Crippen LogP contribution in [0.15, 0.2) is 47.6 Å². The average molecular weight is 568 g/mol. The molecule has 2 N–H and O–H groups in total. The monoisotopic (exact) mass is 567 g/mol. The van der Waals surface area contributed by atoms with Gasteiger partial charge in [-0.25, -0.2) is 10.2 Å². The number of thiophene rings is 1. The van der Waals surface area contributed by atoms with Gasteiger partial charge in [0, 0.05) is 10.9 Å². The number of nitro benzene ring substituents is 2. The van der Waals surface area contributed by atoms with E-state index in [0.717, 1.165) is 41.5 Å². The van der Waals surface area contributed by atoms with Crippen molar-refractivity contribution in [3.05, 3.63) is 84.3 Å². The number of methoxy groups -OCH3 is 1. The average Bonchev–Trinajstić information content (AvgIpc) is 3.52. The van der Waals surface area contributed by atoms with Crippen LogP contribution in [0, 0.1) is 20.2 Å². The van der Waals surface area contributed by atoms with Gasteiger partial charge in [-0.2, -0.15) is 5.10 Å². The molecule has 3 aromatic rings. The van der Waals surface area contributed by atoms with Crippen LogP contribution in [0.5, 0.6) is 11.5 Å². The minimum absolute atomic E-state index is 0.182. The van der Waals surface area contributed by atoms with Crippen LogP contribution < -0.4 is 15.5 Å². The summed E-state index contributed by atoms with van der Waals surface area (Å²) in [5.41, 5.74) is 3.12. The molecular formula is C25H21N5O9S. The number of aryl methyl sites for hydroxylation is 1. The van der Waals surface area contributed by atoms with Crippen LogP contribution in [-0.2, 0) is 27.2 Å². The molecule has 0 fully saturated rings. The molecule has 2 aromatic carbocycles. The van der Waals surface area contributed by atoms with Gasteiger partial charge in [-0.15, -0.1) is 11.3 Å². The predicted octanol–water partition coefficient (Wildman–Crippen LogP) is 4.11. The predicted molar refractivity (Wildman–Crippen MR) is 143 cm³/mol. The number of hydrogen-bond donors (Lipinski definition) is 2. The molecule has 2 amide bonds. The van der Waals surface area contributed by atoms with E-state index in [1.165, 1.54) is 30.6 Å². The fourth-order valence-corrected chi connectivity index (χ4v) is 5.23. The number of nitrogens with one attached hydrogen (secondary N) is 2. The Balaban J connectivity index is 1.40. The third-order valence-corrected chi connectivity index (χ3v) is 7.13.